The van der Waals surface area contributed by atoms with Gasteiger partial charge in [0.15, 0.2) is 0 Å². The number of halogens is 5. The number of piperazine rings is 1. The van der Waals surface area contributed by atoms with Crippen molar-refractivity contribution in [3.05, 3.63) is 53.3 Å². The van der Waals surface area contributed by atoms with Gasteiger partial charge >= 0.3 is 6.36 Å². The van der Waals surface area contributed by atoms with E-state index >= 15 is 0 Å². The van der Waals surface area contributed by atoms with Gasteiger partial charge in [0.25, 0.3) is 0 Å². The Morgan fingerprint density at radius 3 is 2.22 bits per heavy atom. The number of hydrogen-bond acceptors (Lipinski definition) is 5. The Morgan fingerprint density at radius 1 is 1.03 bits per heavy atom. The van der Waals surface area contributed by atoms with Gasteiger partial charge < -0.3 is 14.4 Å². The first-order valence-corrected chi connectivity index (χ1v) is 13.2. The molecule has 3 rings (SSSR count). The van der Waals surface area contributed by atoms with Crippen molar-refractivity contribution in [3.63, 3.8) is 0 Å². The Kier molecular flexibility index (Phi) is 8.97. The summed E-state index contributed by atoms with van der Waals surface area (Å²) in [6.07, 6.45) is -3.84. The largest absolute Gasteiger partial charge is 0.573 e. The Balaban J connectivity index is 1.50. The summed E-state index contributed by atoms with van der Waals surface area (Å²) in [5, 5.41) is 0.161. The Bertz CT molecular complexity index is 1200. The molecule has 1 aliphatic rings. The fourth-order valence-corrected chi connectivity index (χ4v) is 5.56. The van der Waals surface area contributed by atoms with Gasteiger partial charge in [0.2, 0.25) is 15.9 Å². The maximum atomic E-state index is 13.1. The van der Waals surface area contributed by atoms with Crippen molar-refractivity contribution in [1.82, 2.24) is 9.21 Å². The molecule has 2 aromatic carbocycles. The number of hydrogen-bond donors (Lipinski definition) is 0. The van der Waals surface area contributed by atoms with Gasteiger partial charge in [-0.1, -0.05) is 25.4 Å². The number of ether oxygens (including phenoxy) is 2. The summed E-state index contributed by atoms with van der Waals surface area (Å²) in [6, 6.07) is 7.82. The minimum absolute atomic E-state index is 0.0527. The summed E-state index contributed by atoms with van der Waals surface area (Å²) in [5.41, 5.74) is -0.731. The molecule has 1 amide bonds. The summed E-state index contributed by atoms with van der Waals surface area (Å²) < 4.78 is 86.5. The van der Waals surface area contributed by atoms with Crippen LogP contribution in [-0.4, -0.2) is 62.7 Å². The van der Waals surface area contributed by atoms with Crippen LogP contribution in [0.5, 0.6) is 11.5 Å². The maximum absolute atomic E-state index is 13.1. The zero-order chi connectivity index (χ0) is 27.4. The molecule has 0 spiro atoms. The predicted octanol–water partition coefficient (Wildman–Crippen LogP) is 5.10. The second-order valence-electron chi connectivity index (χ2n) is 9.13. The zero-order valence-electron chi connectivity index (χ0n) is 20.2. The zero-order valence-corrected chi connectivity index (χ0v) is 21.8. The van der Waals surface area contributed by atoms with E-state index in [4.69, 9.17) is 16.3 Å². The molecule has 0 bridgehead atoms. The molecular weight excluding hydrogens is 540 g/mol. The predicted molar refractivity (Wildman–Crippen MR) is 128 cm³/mol. The van der Waals surface area contributed by atoms with Gasteiger partial charge in [-0.05, 0) is 55.3 Å². The second kappa shape index (κ2) is 11.4. The quantitative estimate of drug-likeness (QED) is 0.312. The van der Waals surface area contributed by atoms with Crippen LogP contribution < -0.4 is 9.47 Å². The third-order valence-electron chi connectivity index (χ3n) is 5.90. The van der Waals surface area contributed by atoms with E-state index in [0.29, 0.717) is 18.6 Å². The van der Waals surface area contributed by atoms with E-state index in [1.165, 1.54) is 16.4 Å². The van der Waals surface area contributed by atoms with Crippen molar-refractivity contribution in [2.75, 3.05) is 32.8 Å². The summed E-state index contributed by atoms with van der Waals surface area (Å²) >= 11 is 5.94. The molecule has 0 unspecified atom stereocenters. The van der Waals surface area contributed by atoms with Crippen molar-refractivity contribution < 1.29 is 40.2 Å². The number of sulfonamides is 1. The molecule has 0 N–H and O–H groups in total. The molecule has 0 radical (unpaired) electrons. The first-order chi connectivity index (χ1) is 17.2. The molecule has 7 nitrogen and oxygen atoms in total. The number of nitrogens with zero attached hydrogens (tertiary/aromatic N) is 2. The molecule has 13 heteroatoms. The third-order valence-corrected chi connectivity index (χ3v) is 8.11. The molecule has 0 aliphatic carbocycles. The number of benzene rings is 2. The SMILES string of the molecule is CC(C)(CCCOc1ccc(F)cc1Cl)C(=O)N1CCN(S(=O)(=O)c2ccc(OC(F)(F)F)cc2)CC1. The standard InChI is InChI=1S/C24H27ClF4N2O5S/c1-23(2,10-3-15-35-21-9-4-17(26)16-20(21)25)22(32)30-11-13-31(14-12-30)37(33,34)19-7-5-18(6-8-19)36-24(27,28)29/h4-9,16H,3,10-15H2,1-2H3. The summed E-state index contributed by atoms with van der Waals surface area (Å²) in [5.74, 6) is -0.759. The fourth-order valence-electron chi connectivity index (χ4n) is 3.92. The van der Waals surface area contributed by atoms with Crippen molar-refractivity contribution in [2.24, 2.45) is 5.41 Å². The van der Waals surface area contributed by atoms with Gasteiger partial charge in [0.1, 0.15) is 17.3 Å². The molecule has 0 atom stereocenters. The van der Waals surface area contributed by atoms with Gasteiger partial charge in [0, 0.05) is 31.6 Å². The first-order valence-electron chi connectivity index (χ1n) is 11.4. The molecule has 37 heavy (non-hydrogen) atoms. The summed E-state index contributed by atoms with van der Waals surface area (Å²) in [4.78, 5) is 14.5. The summed E-state index contributed by atoms with van der Waals surface area (Å²) in [7, 11) is -3.95. The molecule has 0 aromatic heterocycles. The first kappa shape index (κ1) is 29.0. The van der Waals surface area contributed by atoms with Gasteiger partial charge in [-0.15, -0.1) is 13.2 Å². The van der Waals surface area contributed by atoms with Crippen LogP contribution >= 0.6 is 11.6 Å². The van der Waals surface area contributed by atoms with Crippen LogP contribution in [0.2, 0.25) is 5.02 Å². The third kappa shape index (κ3) is 7.71. The fraction of sp³-hybridized carbons (Fsp3) is 0.458. The summed E-state index contributed by atoms with van der Waals surface area (Å²) in [6.45, 7) is 4.34. The number of carbonyl (C=O) groups excluding carboxylic acids is 1. The second-order valence-corrected chi connectivity index (χ2v) is 11.5. The minimum Gasteiger partial charge on any atom is -0.492 e. The van der Waals surface area contributed by atoms with E-state index in [0.717, 1.165) is 30.3 Å². The average molecular weight is 567 g/mol. The highest BCUT2D eigenvalue weighted by molar-refractivity contribution is 7.89. The molecular formula is C24H27ClF4N2O5S. The normalized spacial score (nSPS) is 15.5. The van der Waals surface area contributed by atoms with E-state index in [1.807, 2.05) is 0 Å². The van der Waals surface area contributed by atoms with Crippen LogP contribution in [0, 0.1) is 11.2 Å². The topological polar surface area (TPSA) is 76.2 Å². The maximum Gasteiger partial charge on any atom is 0.573 e. The smallest absolute Gasteiger partial charge is 0.492 e. The molecule has 1 heterocycles. The van der Waals surface area contributed by atoms with Crippen molar-refractivity contribution >= 4 is 27.5 Å². The van der Waals surface area contributed by atoms with Crippen LogP contribution in [0.15, 0.2) is 47.4 Å². The highest BCUT2D eigenvalue weighted by Crippen LogP contribution is 2.29. The lowest BCUT2D eigenvalue weighted by Crippen LogP contribution is -2.53. The lowest BCUT2D eigenvalue weighted by atomic mass is 9.86. The van der Waals surface area contributed by atoms with Crippen LogP contribution in [0.3, 0.4) is 0 Å². The molecule has 0 saturated carbocycles. The van der Waals surface area contributed by atoms with Crippen LogP contribution in [0.1, 0.15) is 26.7 Å². The molecule has 1 saturated heterocycles. The molecule has 2 aromatic rings. The van der Waals surface area contributed by atoms with Crippen LogP contribution in [0.25, 0.3) is 0 Å². The van der Waals surface area contributed by atoms with Crippen molar-refractivity contribution in [3.8, 4) is 11.5 Å². The number of amides is 1. The minimum atomic E-state index is -4.87. The highest BCUT2D eigenvalue weighted by Gasteiger charge is 2.36. The van der Waals surface area contributed by atoms with E-state index in [-0.39, 0.29) is 48.6 Å². The van der Waals surface area contributed by atoms with Gasteiger partial charge in [-0.3, -0.25) is 4.79 Å². The Hall–Kier alpha value is -2.57. The van der Waals surface area contributed by atoms with Gasteiger partial charge in [-0.2, -0.15) is 4.31 Å². The molecule has 204 valence electrons. The van der Waals surface area contributed by atoms with E-state index < -0.39 is 33.4 Å². The van der Waals surface area contributed by atoms with Crippen LogP contribution in [0.4, 0.5) is 17.6 Å². The number of carbonyl (C=O) groups is 1. The van der Waals surface area contributed by atoms with Gasteiger partial charge in [0.05, 0.1) is 16.5 Å². The van der Waals surface area contributed by atoms with Crippen LogP contribution in [-0.2, 0) is 14.8 Å². The van der Waals surface area contributed by atoms with Gasteiger partial charge in [-0.25, -0.2) is 12.8 Å². The lowest BCUT2D eigenvalue weighted by Gasteiger charge is -2.38. The van der Waals surface area contributed by atoms with Crippen molar-refractivity contribution in [2.45, 2.75) is 37.9 Å². The van der Waals surface area contributed by atoms with Crippen molar-refractivity contribution in [1.29, 1.82) is 0 Å². The number of rotatable bonds is 9. The highest BCUT2D eigenvalue weighted by atomic mass is 35.5. The molecule has 1 aliphatic heterocycles. The number of alkyl halides is 3. The average Bonchev–Trinajstić information content (AvgIpc) is 2.82. The molecule has 1 fully saturated rings. The van der Waals surface area contributed by atoms with E-state index in [9.17, 15) is 30.8 Å². The monoisotopic (exact) mass is 566 g/mol. The Labute approximate surface area is 217 Å². The lowest BCUT2D eigenvalue weighted by molar-refractivity contribution is -0.274. The van der Waals surface area contributed by atoms with E-state index in [1.54, 1.807) is 18.7 Å². The Morgan fingerprint density at radius 2 is 1.65 bits per heavy atom. The van der Waals surface area contributed by atoms with E-state index in [2.05, 4.69) is 4.74 Å².